The highest BCUT2D eigenvalue weighted by molar-refractivity contribution is 4.77. The minimum absolute atomic E-state index is 0.613. The Bertz CT molecular complexity index is 70.8. The number of methoxy groups -OCH3 is 1. The molecular weight excluding hydrogens is 104 g/mol. The van der Waals surface area contributed by atoms with E-state index in [9.17, 15) is 0 Å². The average molecular weight is 116 g/mol. The van der Waals surface area contributed by atoms with Crippen molar-refractivity contribution in [1.82, 2.24) is 5.01 Å². The maximum atomic E-state index is 5.22. The Labute approximate surface area is 49.7 Å². The number of hydrazine groups is 1. The van der Waals surface area contributed by atoms with Crippen LogP contribution in [0, 0.1) is 0 Å². The Kier molecular flexibility index (Phi) is 4.30. The summed E-state index contributed by atoms with van der Waals surface area (Å²) in [6.45, 7) is 0.613. The van der Waals surface area contributed by atoms with Gasteiger partial charge in [-0.25, -0.2) is 5.84 Å². The number of nitrogens with two attached hydrogens (primary N) is 1. The summed E-state index contributed by atoms with van der Waals surface area (Å²) in [6, 6.07) is 0. The van der Waals surface area contributed by atoms with Crippen LogP contribution < -0.4 is 5.84 Å². The normalized spacial score (nSPS) is 10.4. The van der Waals surface area contributed by atoms with Crippen LogP contribution in [-0.4, -0.2) is 25.8 Å². The van der Waals surface area contributed by atoms with Crippen molar-refractivity contribution >= 4 is 0 Å². The van der Waals surface area contributed by atoms with Gasteiger partial charge in [0.2, 0.25) is 0 Å². The van der Waals surface area contributed by atoms with E-state index in [4.69, 9.17) is 10.6 Å². The molecular formula is C5H12N2O. The first-order chi connectivity index (χ1) is 3.77. The fourth-order valence-electron chi connectivity index (χ4n) is 0.306. The number of nitrogens with zero attached hydrogens (tertiary/aromatic N) is 1. The summed E-state index contributed by atoms with van der Waals surface area (Å²) in [7, 11) is 3.40. The Morgan fingerprint density at radius 2 is 2.38 bits per heavy atom. The quantitative estimate of drug-likeness (QED) is 0.415. The van der Waals surface area contributed by atoms with E-state index in [1.165, 1.54) is 5.01 Å². The van der Waals surface area contributed by atoms with E-state index in [2.05, 4.69) is 0 Å². The van der Waals surface area contributed by atoms with Gasteiger partial charge in [0.05, 0.1) is 6.61 Å². The van der Waals surface area contributed by atoms with Crippen molar-refractivity contribution in [3.8, 4) is 0 Å². The van der Waals surface area contributed by atoms with Gasteiger partial charge in [-0.3, -0.25) is 0 Å². The van der Waals surface area contributed by atoms with Crippen LogP contribution in [-0.2, 0) is 4.74 Å². The first-order valence-corrected chi connectivity index (χ1v) is 2.40. The number of ether oxygens (including phenoxy) is 1. The first-order valence-electron chi connectivity index (χ1n) is 2.40. The zero-order chi connectivity index (χ0) is 6.41. The van der Waals surface area contributed by atoms with E-state index in [1.54, 1.807) is 20.4 Å². The molecule has 0 aliphatic rings. The van der Waals surface area contributed by atoms with E-state index >= 15 is 0 Å². The zero-order valence-electron chi connectivity index (χ0n) is 5.29. The summed E-state index contributed by atoms with van der Waals surface area (Å²) >= 11 is 0. The Balaban J connectivity index is 3.07. The van der Waals surface area contributed by atoms with Gasteiger partial charge < -0.3 is 9.75 Å². The highest BCUT2D eigenvalue weighted by Crippen LogP contribution is 1.73. The van der Waals surface area contributed by atoms with Gasteiger partial charge in [0.25, 0.3) is 0 Å². The lowest BCUT2D eigenvalue weighted by atomic mass is 10.6. The molecule has 0 bridgehead atoms. The molecule has 8 heavy (non-hydrogen) atoms. The van der Waals surface area contributed by atoms with Crippen LogP contribution in [0.15, 0.2) is 12.3 Å². The predicted octanol–water partition coefficient (Wildman–Crippen LogP) is -0.0480. The summed E-state index contributed by atoms with van der Waals surface area (Å²) in [6.07, 6.45) is 3.57. The van der Waals surface area contributed by atoms with Crippen LogP contribution in [0.3, 0.4) is 0 Å². The smallest absolute Gasteiger partial charge is 0.0661 e. The molecule has 2 N–H and O–H groups in total. The standard InChI is InChI=1S/C5H12N2O/c1-7(6)4-3-5-8-2/h3-4H,5-6H2,1-2H3/b4-3-. The molecule has 0 aromatic carbocycles. The summed E-state index contributed by atoms with van der Waals surface area (Å²) < 4.78 is 4.72. The minimum atomic E-state index is 0.613. The largest absolute Gasteiger partial charge is 0.381 e. The monoisotopic (exact) mass is 116 g/mol. The lowest BCUT2D eigenvalue weighted by Crippen LogP contribution is -2.18. The van der Waals surface area contributed by atoms with Crippen molar-refractivity contribution < 1.29 is 4.74 Å². The van der Waals surface area contributed by atoms with Gasteiger partial charge in [-0.15, -0.1) is 0 Å². The number of hydrogen-bond acceptors (Lipinski definition) is 3. The first kappa shape index (κ1) is 7.46. The fraction of sp³-hybridized carbons (Fsp3) is 0.600. The molecule has 0 aliphatic heterocycles. The van der Waals surface area contributed by atoms with Gasteiger partial charge in [0.15, 0.2) is 0 Å². The molecule has 0 unspecified atom stereocenters. The van der Waals surface area contributed by atoms with Crippen LogP contribution in [0.25, 0.3) is 0 Å². The van der Waals surface area contributed by atoms with Crippen molar-refractivity contribution in [3.63, 3.8) is 0 Å². The molecule has 0 fully saturated rings. The molecule has 0 aliphatic carbocycles. The summed E-state index contributed by atoms with van der Waals surface area (Å²) in [5.41, 5.74) is 0. The van der Waals surface area contributed by atoms with Gasteiger partial charge in [-0.05, 0) is 6.08 Å². The predicted molar refractivity (Wildman–Crippen MR) is 33.0 cm³/mol. The highest BCUT2D eigenvalue weighted by atomic mass is 16.5. The summed E-state index contributed by atoms with van der Waals surface area (Å²) in [5.74, 6) is 5.22. The second kappa shape index (κ2) is 4.61. The molecule has 0 atom stereocenters. The number of hydrogen-bond donors (Lipinski definition) is 1. The second-order valence-electron chi connectivity index (χ2n) is 1.51. The van der Waals surface area contributed by atoms with Crippen LogP contribution in [0.2, 0.25) is 0 Å². The Morgan fingerprint density at radius 3 is 2.75 bits per heavy atom. The van der Waals surface area contributed by atoms with E-state index < -0.39 is 0 Å². The third kappa shape index (κ3) is 5.46. The molecule has 0 rings (SSSR count). The van der Waals surface area contributed by atoms with Crippen molar-refractivity contribution in [2.75, 3.05) is 20.8 Å². The third-order valence-electron chi connectivity index (χ3n) is 0.603. The van der Waals surface area contributed by atoms with E-state index in [0.29, 0.717) is 6.61 Å². The molecule has 0 saturated carbocycles. The van der Waals surface area contributed by atoms with Gasteiger partial charge in [-0.2, -0.15) is 0 Å². The molecule has 0 aromatic heterocycles. The molecule has 48 valence electrons. The van der Waals surface area contributed by atoms with Gasteiger partial charge in [-0.1, -0.05) is 0 Å². The lowest BCUT2D eigenvalue weighted by molar-refractivity contribution is 0.232. The molecule has 0 heterocycles. The summed E-state index contributed by atoms with van der Waals surface area (Å²) in [4.78, 5) is 0. The van der Waals surface area contributed by atoms with Gasteiger partial charge in [0.1, 0.15) is 0 Å². The fourth-order valence-corrected chi connectivity index (χ4v) is 0.306. The minimum Gasteiger partial charge on any atom is -0.381 e. The highest BCUT2D eigenvalue weighted by Gasteiger charge is 1.73. The zero-order valence-corrected chi connectivity index (χ0v) is 5.29. The number of rotatable bonds is 3. The Morgan fingerprint density at radius 1 is 1.75 bits per heavy atom. The van der Waals surface area contributed by atoms with E-state index in [1.807, 2.05) is 6.08 Å². The van der Waals surface area contributed by atoms with E-state index in [-0.39, 0.29) is 0 Å². The molecule has 0 amide bonds. The SMILES string of the molecule is COC/C=C\N(C)N. The molecule has 3 nitrogen and oxygen atoms in total. The Hall–Kier alpha value is -0.540. The molecule has 0 radical (unpaired) electrons. The van der Waals surface area contributed by atoms with Crippen molar-refractivity contribution in [2.24, 2.45) is 5.84 Å². The van der Waals surface area contributed by atoms with Crippen LogP contribution in [0.5, 0.6) is 0 Å². The maximum absolute atomic E-state index is 5.22. The van der Waals surface area contributed by atoms with Crippen LogP contribution in [0.4, 0.5) is 0 Å². The van der Waals surface area contributed by atoms with Crippen molar-refractivity contribution in [3.05, 3.63) is 12.3 Å². The maximum Gasteiger partial charge on any atom is 0.0661 e. The molecule has 0 saturated heterocycles. The van der Waals surface area contributed by atoms with Crippen LogP contribution in [0.1, 0.15) is 0 Å². The molecule has 0 spiro atoms. The second-order valence-corrected chi connectivity index (χ2v) is 1.51. The topological polar surface area (TPSA) is 38.5 Å². The van der Waals surface area contributed by atoms with Gasteiger partial charge in [0, 0.05) is 20.4 Å². The van der Waals surface area contributed by atoms with Crippen molar-refractivity contribution in [2.45, 2.75) is 0 Å². The lowest BCUT2D eigenvalue weighted by Gasteiger charge is -2.01. The average Bonchev–Trinajstić information content (AvgIpc) is 1.66. The van der Waals surface area contributed by atoms with Gasteiger partial charge >= 0.3 is 0 Å². The third-order valence-corrected chi connectivity index (χ3v) is 0.603. The summed E-state index contributed by atoms with van der Waals surface area (Å²) in [5, 5.41) is 1.47. The van der Waals surface area contributed by atoms with E-state index in [0.717, 1.165) is 0 Å². The van der Waals surface area contributed by atoms with Crippen LogP contribution >= 0.6 is 0 Å². The molecule has 0 aromatic rings. The molecule has 3 heteroatoms. The van der Waals surface area contributed by atoms with Crippen molar-refractivity contribution in [1.29, 1.82) is 0 Å².